The molecule has 2 unspecified atom stereocenters. The second kappa shape index (κ2) is 7.05. The highest BCUT2D eigenvalue weighted by Gasteiger charge is 2.39. The molecule has 2 atom stereocenters. The van der Waals surface area contributed by atoms with Gasteiger partial charge in [0, 0.05) is 18.4 Å². The highest BCUT2D eigenvalue weighted by molar-refractivity contribution is 5.77. The van der Waals surface area contributed by atoms with Crippen molar-refractivity contribution in [2.45, 2.75) is 43.7 Å². The third-order valence-electron chi connectivity index (χ3n) is 4.33. The van der Waals surface area contributed by atoms with E-state index in [0.717, 1.165) is 32.4 Å². The molecule has 2 N–H and O–H groups in total. The summed E-state index contributed by atoms with van der Waals surface area (Å²) >= 11 is 0. The maximum atomic E-state index is 11.9. The lowest BCUT2D eigenvalue weighted by atomic mass is 10.1. The van der Waals surface area contributed by atoms with E-state index >= 15 is 0 Å². The van der Waals surface area contributed by atoms with E-state index in [-0.39, 0.29) is 5.91 Å². The first kappa shape index (κ1) is 14.5. The van der Waals surface area contributed by atoms with Gasteiger partial charge in [-0.1, -0.05) is 30.3 Å². The van der Waals surface area contributed by atoms with Crippen molar-refractivity contribution in [2.75, 3.05) is 19.7 Å². The zero-order chi connectivity index (χ0) is 14.5. The van der Waals surface area contributed by atoms with E-state index in [9.17, 15) is 4.79 Å². The molecule has 0 bridgehead atoms. The Bertz CT molecular complexity index is 457. The molecule has 1 heterocycles. The zero-order valence-corrected chi connectivity index (χ0v) is 12.4. The largest absolute Gasteiger partial charge is 0.378 e. The highest BCUT2D eigenvalue weighted by atomic mass is 16.5. The van der Waals surface area contributed by atoms with Gasteiger partial charge >= 0.3 is 0 Å². The first-order valence-electron chi connectivity index (χ1n) is 7.99. The minimum atomic E-state index is 0.118. The van der Waals surface area contributed by atoms with Crippen molar-refractivity contribution in [1.82, 2.24) is 10.6 Å². The van der Waals surface area contributed by atoms with Gasteiger partial charge in [-0.25, -0.2) is 0 Å². The quantitative estimate of drug-likeness (QED) is 0.839. The molecule has 4 nitrogen and oxygen atoms in total. The van der Waals surface area contributed by atoms with E-state index in [0.29, 0.717) is 31.1 Å². The van der Waals surface area contributed by atoms with Gasteiger partial charge < -0.3 is 15.4 Å². The fourth-order valence-corrected chi connectivity index (χ4v) is 2.98. The van der Waals surface area contributed by atoms with Crippen LogP contribution in [0.5, 0.6) is 0 Å². The number of nitrogens with one attached hydrogen (secondary N) is 2. The normalized spacial score (nSPS) is 25.5. The average Bonchev–Trinajstić information content (AvgIpc) is 3.28. The maximum Gasteiger partial charge on any atom is 0.222 e. The van der Waals surface area contributed by atoms with Crippen LogP contribution in [0.15, 0.2) is 30.3 Å². The lowest BCUT2D eigenvalue weighted by Gasteiger charge is -2.22. The molecular weight excluding hydrogens is 264 g/mol. The Morgan fingerprint density at radius 3 is 2.76 bits per heavy atom. The fraction of sp³-hybridized carbons (Fsp3) is 0.588. The predicted octanol–water partition coefficient (Wildman–Crippen LogP) is 1.82. The number of hydrogen-bond acceptors (Lipinski definition) is 3. The summed E-state index contributed by atoms with van der Waals surface area (Å²) < 4.78 is 5.77. The van der Waals surface area contributed by atoms with Crippen molar-refractivity contribution >= 4 is 5.91 Å². The van der Waals surface area contributed by atoms with Gasteiger partial charge in [-0.15, -0.1) is 0 Å². The minimum absolute atomic E-state index is 0.118. The van der Waals surface area contributed by atoms with Gasteiger partial charge in [-0.2, -0.15) is 0 Å². The smallest absolute Gasteiger partial charge is 0.222 e. The molecule has 3 rings (SSSR count). The number of hydrogen-bond donors (Lipinski definition) is 2. The molecule has 0 spiro atoms. The van der Waals surface area contributed by atoms with Crippen LogP contribution in [0.3, 0.4) is 0 Å². The van der Waals surface area contributed by atoms with Crippen LogP contribution in [0.4, 0.5) is 0 Å². The molecule has 1 amide bonds. The molecule has 114 valence electrons. The van der Waals surface area contributed by atoms with E-state index in [1.54, 1.807) is 0 Å². The van der Waals surface area contributed by atoms with Crippen LogP contribution in [-0.2, 0) is 9.53 Å². The molecule has 4 heteroatoms. The van der Waals surface area contributed by atoms with Crippen LogP contribution in [0.2, 0.25) is 0 Å². The summed E-state index contributed by atoms with van der Waals surface area (Å²) in [5, 5.41) is 6.42. The number of carbonyl (C=O) groups is 1. The van der Waals surface area contributed by atoms with E-state index in [4.69, 9.17) is 4.74 Å². The van der Waals surface area contributed by atoms with Crippen LogP contribution in [-0.4, -0.2) is 37.7 Å². The fourth-order valence-electron chi connectivity index (χ4n) is 2.98. The second-order valence-corrected chi connectivity index (χ2v) is 6.00. The van der Waals surface area contributed by atoms with Crippen LogP contribution >= 0.6 is 0 Å². The lowest BCUT2D eigenvalue weighted by Crippen LogP contribution is -2.33. The molecule has 1 aromatic rings. The first-order valence-corrected chi connectivity index (χ1v) is 7.99. The Labute approximate surface area is 126 Å². The number of carbonyl (C=O) groups excluding carboxylic acids is 1. The highest BCUT2D eigenvalue weighted by Crippen LogP contribution is 2.40. The van der Waals surface area contributed by atoms with Crippen molar-refractivity contribution in [1.29, 1.82) is 0 Å². The van der Waals surface area contributed by atoms with Crippen molar-refractivity contribution in [2.24, 2.45) is 0 Å². The summed E-state index contributed by atoms with van der Waals surface area (Å²) in [5.74, 6) is 0.618. The molecule has 1 aliphatic heterocycles. The molecule has 1 aliphatic carbocycles. The van der Waals surface area contributed by atoms with Gasteiger partial charge in [0.15, 0.2) is 0 Å². The Balaban J connectivity index is 1.32. The Morgan fingerprint density at radius 2 is 2.00 bits per heavy atom. The third-order valence-corrected chi connectivity index (χ3v) is 4.33. The third kappa shape index (κ3) is 4.29. The Morgan fingerprint density at radius 1 is 1.24 bits per heavy atom. The van der Waals surface area contributed by atoms with Crippen molar-refractivity contribution in [3.8, 4) is 0 Å². The molecular formula is C17H24N2O2. The maximum absolute atomic E-state index is 11.9. The molecule has 1 aromatic carbocycles. The number of piperidine rings is 1. The topological polar surface area (TPSA) is 50.4 Å². The van der Waals surface area contributed by atoms with E-state index in [1.165, 1.54) is 5.56 Å². The Hall–Kier alpha value is -1.39. The van der Waals surface area contributed by atoms with Gasteiger partial charge in [0.05, 0.1) is 12.7 Å². The van der Waals surface area contributed by atoms with Crippen LogP contribution < -0.4 is 10.6 Å². The average molecular weight is 288 g/mol. The van der Waals surface area contributed by atoms with E-state index in [1.807, 2.05) is 6.07 Å². The minimum Gasteiger partial charge on any atom is -0.378 e. The van der Waals surface area contributed by atoms with Gasteiger partial charge in [0.25, 0.3) is 0 Å². The number of rotatable bonds is 6. The summed E-state index contributed by atoms with van der Waals surface area (Å²) in [6.07, 6.45) is 3.98. The standard InChI is InChI=1S/C17H24N2O2/c20-17(8-11-21-14-6-9-18-10-7-14)19-16-12-15(16)13-4-2-1-3-5-13/h1-5,14-16,18H,6-12H2,(H,19,20). The first-order chi connectivity index (χ1) is 10.3. The van der Waals surface area contributed by atoms with Crippen molar-refractivity contribution < 1.29 is 9.53 Å². The molecule has 1 saturated carbocycles. The second-order valence-electron chi connectivity index (χ2n) is 6.00. The van der Waals surface area contributed by atoms with Gasteiger partial charge in [0.1, 0.15) is 0 Å². The van der Waals surface area contributed by atoms with E-state index < -0.39 is 0 Å². The van der Waals surface area contributed by atoms with Crippen LogP contribution in [0.1, 0.15) is 37.2 Å². The van der Waals surface area contributed by atoms with Gasteiger partial charge in [-0.3, -0.25) is 4.79 Å². The number of benzene rings is 1. The molecule has 1 saturated heterocycles. The molecule has 0 radical (unpaired) electrons. The molecule has 0 aromatic heterocycles. The van der Waals surface area contributed by atoms with Crippen molar-refractivity contribution in [3.63, 3.8) is 0 Å². The van der Waals surface area contributed by atoms with Crippen molar-refractivity contribution in [3.05, 3.63) is 35.9 Å². The molecule has 21 heavy (non-hydrogen) atoms. The SMILES string of the molecule is O=C(CCOC1CCNCC1)NC1CC1c1ccccc1. The molecule has 2 fully saturated rings. The Kier molecular flexibility index (Phi) is 4.88. The monoisotopic (exact) mass is 288 g/mol. The number of amides is 1. The molecule has 2 aliphatic rings. The van der Waals surface area contributed by atoms with Gasteiger partial charge in [0.2, 0.25) is 5.91 Å². The summed E-state index contributed by atoms with van der Waals surface area (Å²) in [5.41, 5.74) is 1.33. The zero-order valence-electron chi connectivity index (χ0n) is 12.4. The predicted molar refractivity (Wildman–Crippen MR) is 82.2 cm³/mol. The summed E-state index contributed by atoms with van der Waals surface area (Å²) in [6.45, 7) is 2.59. The lowest BCUT2D eigenvalue weighted by molar-refractivity contribution is -0.122. The van der Waals surface area contributed by atoms with Gasteiger partial charge in [-0.05, 0) is 37.9 Å². The summed E-state index contributed by atoms with van der Waals surface area (Å²) in [6, 6.07) is 10.7. The summed E-state index contributed by atoms with van der Waals surface area (Å²) in [7, 11) is 0. The van der Waals surface area contributed by atoms with Crippen LogP contribution in [0, 0.1) is 0 Å². The summed E-state index contributed by atoms with van der Waals surface area (Å²) in [4.78, 5) is 11.9. The van der Waals surface area contributed by atoms with Crippen LogP contribution in [0.25, 0.3) is 0 Å². The van der Waals surface area contributed by atoms with E-state index in [2.05, 4.69) is 34.9 Å². The number of ether oxygens (including phenoxy) is 1.